The summed E-state index contributed by atoms with van der Waals surface area (Å²) >= 11 is 0. The zero-order valence-corrected chi connectivity index (χ0v) is 8.44. The van der Waals surface area contributed by atoms with E-state index in [9.17, 15) is 13.2 Å². The van der Waals surface area contributed by atoms with Crippen LogP contribution in [0.15, 0.2) is 30.6 Å². The van der Waals surface area contributed by atoms with Crippen LogP contribution in [-0.2, 0) is 6.18 Å². The summed E-state index contributed by atoms with van der Waals surface area (Å²) in [5, 5.41) is 0. The van der Waals surface area contributed by atoms with Gasteiger partial charge in [-0.2, -0.15) is 13.2 Å². The Balaban J connectivity index is 2.36. The first kappa shape index (κ1) is 11.3. The predicted molar refractivity (Wildman–Crippen MR) is 54.7 cm³/mol. The topological polar surface area (TPSA) is 64.7 Å². The fourth-order valence-electron chi connectivity index (χ4n) is 1.22. The first-order valence-corrected chi connectivity index (χ1v) is 4.59. The largest absolute Gasteiger partial charge is 0.451 e. The van der Waals surface area contributed by atoms with Gasteiger partial charge in [-0.15, -0.1) is 0 Å². The maximum Gasteiger partial charge on any atom is 0.451 e. The average molecular weight is 240 g/mol. The van der Waals surface area contributed by atoms with Crippen LogP contribution in [0.1, 0.15) is 5.82 Å². The van der Waals surface area contributed by atoms with E-state index in [0.717, 1.165) is 12.4 Å². The van der Waals surface area contributed by atoms with Gasteiger partial charge in [-0.3, -0.25) is 0 Å². The van der Waals surface area contributed by atoms with Gasteiger partial charge >= 0.3 is 6.18 Å². The van der Waals surface area contributed by atoms with Crippen LogP contribution in [0.25, 0.3) is 11.3 Å². The van der Waals surface area contributed by atoms with E-state index >= 15 is 0 Å². The van der Waals surface area contributed by atoms with Gasteiger partial charge in [0.05, 0.1) is 5.69 Å². The van der Waals surface area contributed by atoms with Crippen LogP contribution in [-0.4, -0.2) is 15.0 Å². The number of rotatable bonds is 1. The Morgan fingerprint density at radius 3 is 2.24 bits per heavy atom. The predicted octanol–water partition coefficient (Wildman–Crippen LogP) is 2.14. The molecule has 0 aliphatic rings. The highest BCUT2D eigenvalue weighted by Gasteiger charge is 2.34. The summed E-state index contributed by atoms with van der Waals surface area (Å²) in [5.41, 5.74) is 6.27. The van der Waals surface area contributed by atoms with Crippen molar-refractivity contribution in [2.24, 2.45) is 0 Å². The summed E-state index contributed by atoms with van der Waals surface area (Å²) in [7, 11) is 0. The maximum absolute atomic E-state index is 12.2. The molecule has 0 saturated heterocycles. The normalized spacial score (nSPS) is 11.5. The van der Waals surface area contributed by atoms with E-state index in [2.05, 4.69) is 15.0 Å². The molecule has 2 aromatic rings. The van der Waals surface area contributed by atoms with E-state index in [4.69, 9.17) is 5.73 Å². The van der Waals surface area contributed by atoms with Crippen LogP contribution >= 0.6 is 0 Å². The van der Waals surface area contributed by atoms with Crippen molar-refractivity contribution in [3.05, 3.63) is 36.4 Å². The second-order valence-corrected chi connectivity index (χ2v) is 3.24. The lowest BCUT2D eigenvalue weighted by atomic mass is 10.2. The molecule has 2 N–H and O–H groups in total. The molecule has 0 spiro atoms. The number of nitrogen functional groups attached to an aromatic ring is 1. The number of hydrogen-bond donors (Lipinski definition) is 1. The molecule has 2 rings (SSSR count). The minimum Gasteiger partial charge on any atom is -0.384 e. The van der Waals surface area contributed by atoms with Crippen molar-refractivity contribution in [3.8, 4) is 11.3 Å². The summed E-state index contributed by atoms with van der Waals surface area (Å²) < 4.78 is 36.7. The summed E-state index contributed by atoms with van der Waals surface area (Å²) in [5.74, 6) is -0.896. The quantitative estimate of drug-likeness (QED) is 0.829. The molecular weight excluding hydrogens is 233 g/mol. The van der Waals surface area contributed by atoms with Gasteiger partial charge in [-0.05, 0) is 12.1 Å². The number of halogens is 3. The molecule has 0 fully saturated rings. The Morgan fingerprint density at radius 2 is 1.71 bits per heavy atom. The van der Waals surface area contributed by atoms with Gasteiger partial charge in [0.15, 0.2) is 0 Å². The van der Waals surface area contributed by atoms with E-state index < -0.39 is 12.0 Å². The Hall–Kier alpha value is -2.18. The molecule has 0 aliphatic heterocycles. The summed E-state index contributed by atoms with van der Waals surface area (Å²) in [6.07, 6.45) is -2.41. The van der Waals surface area contributed by atoms with E-state index in [0.29, 0.717) is 11.3 Å². The van der Waals surface area contributed by atoms with Crippen molar-refractivity contribution in [2.75, 3.05) is 5.73 Å². The molecule has 0 aliphatic carbocycles. The van der Waals surface area contributed by atoms with Gasteiger partial charge in [-0.25, -0.2) is 15.0 Å². The Kier molecular flexibility index (Phi) is 2.66. The lowest BCUT2D eigenvalue weighted by Crippen LogP contribution is -2.10. The molecule has 4 nitrogen and oxygen atoms in total. The number of nitrogens with two attached hydrogens (primary N) is 1. The first-order chi connectivity index (χ1) is 7.97. The van der Waals surface area contributed by atoms with Crippen LogP contribution in [0, 0.1) is 0 Å². The fourth-order valence-corrected chi connectivity index (χ4v) is 1.22. The van der Waals surface area contributed by atoms with Crippen LogP contribution in [0.3, 0.4) is 0 Å². The maximum atomic E-state index is 12.2. The smallest absolute Gasteiger partial charge is 0.384 e. The van der Waals surface area contributed by atoms with Crippen LogP contribution < -0.4 is 5.73 Å². The van der Waals surface area contributed by atoms with Gasteiger partial charge in [0.25, 0.3) is 0 Å². The van der Waals surface area contributed by atoms with Crippen LogP contribution in [0.5, 0.6) is 0 Å². The third kappa shape index (κ3) is 2.49. The van der Waals surface area contributed by atoms with Crippen LogP contribution in [0.4, 0.5) is 19.0 Å². The van der Waals surface area contributed by atoms with E-state index in [1.165, 1.54) is 0 Å². The molecule has 7 heteroatoms. The van der Waals surface area contributed by atoms with Crippen LogP contribution in [0.2, 0.25) is 0 Å². The third-order valence-corrected chi connectivity index (χ3v) is 1.97. The Morgan fingerprint density at radius 1 is 1.06 bits per heavy atom. The highest BCUT2D eigenvalue weighted by molar-refractivity contribution is 5.58. The molecule has 0 aromatic carbocycles. The lowest BCUT2D eigenvalue weighted by molar-refractivity contribution is -0.144. The molecule has 0 atom stereocenters. The summed E-state index contributed by atoms with van der Waals surface area (Å²) in [6.45, 7) is 0. The zero-order chi connectivity index (χ0) is 12.5. The number of alkyl halides is 3. The first-order valence-electron chi connectivity index (χ1n) is 4.59. The summed E-state index contributed by atoms with van der Waals surface area (Å²) in [6, 6.07) is 4.84. The lowest BCUT2D eigenvalue weighted by Gasteiger charge is -2.05. The number of pyridine rings is 1. The van der Waals surface area contributed by atoms with Crippen molar-refractivity contribution in [2.45, 2.75) is 6.18 Å². The number of aromatic nitrogens is 3. The molecule has 2 heterocycles. The second kappa shape index (κ2) is 4.00. The number of nitrogens with zero attached hydrogens (tertiary/aromatic N) is 3. The molecule has 0 amide bonds. The third-order valence-electron chi connectivity index (χ3n) is 1.97. The van der Waals surface area contributed by atoms with Crippen molar-refractivity contribution in [1.29, 1.82) is 0 Å². The molecular formula is C10H7F3N4. The minimum atomic E-state index is -4.54. The van der Waals surface area contributed by atoms with Gasteiger partial charge in [0, 0.05) is 18.0 Å². The Labute approximate surface area is 94.3 Å². The van der Waals surface area contributed by atoms with Crippen molar-refractivity contribution in [3.63, 3.8) is 0 Å². The second-order valence-electron chi connectivity index (χ2n) is 3.24. The highest BCUT2D eigenvalue weighted by atomic mass is 19.4. The average Bonchev–Trinajstić information content (AvgIpc) is 2.28. The standard InChI is InChI=1S/C10H7F3N4/c11-10(12,13)9-15-4-6(5-16-9)7-2-1-3-8(14)17-7/h1-5H,(H2,14,17). The van der Waals surface area contributed by atoms with Crippen molar-refractivity contribution < 1.29 is 13.2 Å². The molecule has 0 bridgehead atoms. The summed E-state index contributed by atoms with van der Waals surface area (Å²) in [4.78, 5) is 10.4. The highest BCUT2D eigenvalue weighted by Crippen LogP contribution is 2.26. The SMILES string of the molecule is Nc1cccc(-c2cnc(C(F)(F)F)nc2)n1. The molecule has 0 saturated carbocycles. The molecule has 17 heavy (non-hydrogen) atoms. The van der Waals surface area contributed by atoms with Gasteiger partial charge < -0.3 is 5.73 Å². The van der Waals surface area contributed by atoms with E-state index in [1.807, 2.05) is 0 Å². The van der Waals surface area contributed by atoms with E-state index in [-0.39, 0.29) is 5.82 Å². The fraction of sp³-hybridized carbons (Fsp3) is 0.100. The zero-order valence-electron chi connectivity index (χ0n) is 8.44. The Bertz CT molecular complexity index is 522. The molecule has 0 unspecified atom stereocenters. The van der Waals surface area contributed by atoms with Crippen molar-refractivity contribution >= 4 is 5.82 Å². The minimum absolute atomic E-state index is 0.280. The van der Waals surface area contributed by atoms with Crippen molar-refractivity contribution in [1.82, 2.24) is 15.0 Å². The molecule has 88 valence electrons. The number of hydrogen-bond acceptors (Lipinski definition) is 4. The molecule has 0 radical (unpaired) electrons. The number of anilines is 1. The molecule has 2 aromatic heterocycles. The van der Waals surface area contributed by atoms with Gasteiger partial charge in [-0.1, -0.05) is 6.07 Å². The van der Waals surface area contributed by atoms with Gasteiger partial charge in [0.1, 0.15) is 5.82 Å². The van der Waals surface area contributed by atoms with Gasteiger partial charge in [0.2, 0.25) is 5.82 Å². The van der Waals surface area contributed by atoms with E-state index in [1.54, 1.807) is 18.2 Å². The monoisotopic (exact) mass is 240 g/mol.